The Morgan fingerprint density at radius 2 is 1.56 bits per heavy atom. The van der Waals surface area contributed by atoms with Crippen molar-refractivity contribution in [2.24, 2.45) is 11.8 Å². The Morgan fingerprint density at radius 1 is 0.930 bits per heavy atom. The van der Waals surface area contributed by atoms with Gasteiger partial charge in [-0.1, -0.05) is 103 Å². The zero-order valence-electron chi connectivity index (χ0n) is 27.3. The summed E-state index contributed by atoms with van der Waals surface area (Å²) in [4.78, 5) is 21.1. The molecule has 43 heavy (non-hydrogen) atoms. The Hall–Kier alpha value is -2.88. The van der Waals surface area contributed by atoms with Crippen LogP contribution in [-0.2, 0) is 35.7 Å². The van der Waals surface area contributed by atoms with Gasteiger partial charge in [-0.2, -0.15) is 0 Å². The van der Waals surface area contributed by atoms with E-state index < -0.39 is 0 Å². The van der Waals surface area contributed by atoms with Crippen LogP contribution >= 0.6 is 0 Å². The van der Waals surface area contributed by atoms with Crippen LogP contribution in [-0.4, -0.2) is 20.9 Å². The molecular weight excluding hydrogens is 709 g/mol. The maximum Gasteiger partial charge on any atom is 0.162 e. The topological polar surface area (TPSA) is 63.1 Å². The molecule has 0 bridgehead atoms. The number of ketones is 1. The Bertz CT molecular complexity index is 1620. The summed E-state index contributed by atoms with van der Waals surface area (Å²) >= 11 is 0. The molecular formula is C38H47IrN2O2-. The number of benzene rings is 3. The first kappa shape index (κ1) is 34.6. The number of aromatic nitrogens is 2. The minimum atomic E-state index is -0.132. The van der Waals surface area contributed by atoms with Gasteiger partial charge >= 0.3 is 0 Å². The first-order chi connectivity index (χ1) is 19.9. The van der Waals surface area contributed by atoms with Gasteiger partial charge in [0.1, 0.15) is 6.33 Å². The van der Waals surface area contributed by atoms with Crippen LogP contribution < -0.4 is 0 Å². The molecule has 0 saturated carbocycles. The number of nitrogens with zero attached hydrogens (tertiary/aromatic N) is 2. The second-order valence-corrected chi connectivity index (χ2v) is 13.2. The summed E-state index contributed by atoms with van der Waals surface area (Å²) in [6, 6.07) is 19.0. The summed E-state index contributed by atoms with van der Waals surface area (Å²) in [5, 5.41) is 13.3. The molecule has 0 fully saturated rings. The second-order valence-electron chi connectivity index (χ2n) is 13.2. The monoisotopic (exact) mass is 756 g/mol. The van der Waals surface area contributed by atoms with E-state index in [0.717, 1.165) is 47.8 Å². The molecule has 1 aliphatic carbocycles. The molecule has 1 heterocycles. The van der Waals surface area contributed by atoms with E-state index >= 15 is 0 Å². The molecule has 1 radical (unpaired) electrons. The summed E-state index contributed by atoms with van der Waals surface area (Å²) in [6.45, 7) is 19.5. The first-order valence-electron chi connectivity index (χ1n) is 15.6. The number of aliphatic hydroxyl groups excluding tert-OH is 1. The molecule has 0 spiro atoms. The summed E-state index contributed by atoms with van der Waals surface area (Å²) in [5.74, 6) is 0.547. The van der Waals surface area contributed by atoms with Gasteiger partial charge in [-0.05, 0) is 59.1 Å². The van der Waals surface area contributed by atoms with Crippen molar-refractivity contribution in [3.05, 3.63) is 83.4 Å². The van der Waals surface area contributed by atoms with Crippen molar-refractivity contribution in [2.75, 3.05) is 0 Å². The SMILES string of the molecule is CC(C)(C)c1cc2c3c(ncnc3c1)-c1[c-]c3ccccc3cc1C2(C)C.CCC(CC)C(=O)/C=C(\O)C(CC)CC.[Ir]. The number of allylic oxidation sites excluding steroid dienone is 2. The normalized spacial score (nSPS) is 13.9. The first-order valence-corrected chi connectivity index (χ1v) is 15.6. The molecule has 1 aliphatic rings. The molecule has 0 unspecified atom stereocenters. The van der Waals surface area contributed by atoms with Crippen molar-refractivity contribution in [3.63, 3.8) is 0 Å². The second kappa shape index (κ2) is 13.8. The number of carbonyl (C=O) groups excluding carboxylic acids is 1. The molecule has 0 amide bonds. The van der Waals surface area contributed by atoms with Crippen molar-refractivity contribution in [1.82, 2.24) is 9.97 Å². The van der Waals surface area contributed by atoms with E-state index in [9.17, 15) is 9.90 Å². The fourth-order valence-electron chi connectivity index (χ4n) is 6.08. The smallest absolute Gasteiger partial charge is 0.162 e. The molecule has 0 aliphatic heterocycles. The maximum atomic E-state index is 11.7. The summed E-state index contributed by atoms with van der Waals surface area (Å²) < 4.78 is 0. The summed E-state index contributed by atoms with van der Waals surface area (Å²) in [5.41, 5.74) is 7.02. The van der Waals surface area contributed by atoms with Gasteiger partial charge in [0.15, 0.2) is 5.78 Å². The fourth-order valence-corrected chi connectivity index (χ4v) is 6.08. The number of fused-ring (bicyclic) bond motifs is 3. The largest absolute Gasteiger partial charge is 0.512 e. The summed E-state index contributed by atoms with van der Waals surface area (Å²) in [6.07, 6.45) is 6.60. The predicted molar refractivity (Wildman–Crippen MR) is 176 cm³/mol. The molecule has 0 atom stereocenters. The van der Waals surface area contributed by atoms with Crippen molar-refractivity contribution < 1.29 is 30.0 Å². The van der Waals surface area contributed by atoms with E-state index in [1.165, 1.54) is 33.5 Å². The van der Waals surface area contributed by atoms with E-state index in [1.807, 2.05) is 27.7 Å². The average molecular weight is 756 g/mol. The van der Waals surface area contributed by atoms with Gasteiger partial charge in [0.2, 0.25) is 0 Å². The maximum absolute atomic E-state index is 11.7. The van der Waals surface area contributed by atoms with Crippen LogP contribution in [0.25, 0.3) is 32.9 Å². The zero-order valence-corrected chi connectivity index (χ0v) is 29.7. The number of hydrogen-bond donors (Lipinski definition) is 1. The van der Waals surface area contributed by atoms with Crippen LogP contribution in [0.5, 0.6) is 0 Å². The third-order valence-electron chi connectivity index (χ3n) is 9.06. The van der Waals surface area contributed by atoms with E-state index in [0.29, 0.717) is 0 Å². The van der Waals surface area contributed by atoms with Crippen LogP contribution in [0.15, 0.2) is 60.6 Å². The van der Waals surface area contributed by atoms with Crippen LogP contribution in [0.4, 0.5) is 0 Å². The van der Waals surface area contributed by atoms with Gasteiger partial charge in [-0.25, -0.2) is 4.98 Å². The third-order valence-corrected chi connectivity index (χ3v) is 9.06. The Balaban J connectivity index is 0.000000274. The quantitative estimate of drug-likeness (QED) is 0.116. The van der Waals surface area contributed by atoms with Gasteiger partial charge in [0, 0.05) is 43.7 Å². The van der Waals surface area contributed by atoms with Crippen LogP contribution in [0.1, 0.15) is 105 Å². The molecule has 4 aromatic rings. The Labute approximate surface area is 271 Å². The standard InChI is InChI=1S/C25H23N2.C13H24O2.Ir/c1-24(2,3)17-12-20-22-21(13-17)26-14-27-23(22)18-10-15-8-6-7-9-16(15)11-19(18)25(20,4)5;1-5-10(6-2)12(14)9-13(15)11(7-3)8-4;/h6-9,11-14H,1-5H3;9-11,14H,5-8H2,1-4H3;/q-1;;/b;12-9-;. The molecule has 1 aromatic heterocycles. The van der Waals surface area contributed by atoms with Gasteiger partial charge in [0.25, 0.3) is 0 Å². The van der Waals surface area contributed by atoms with E-state index in [4.69, 9.17) is 4.98 Å². The van der Waals surface area contributed by atoms with Gasteiger partial charge in [-0.15, -0.1) is 23.6 Å². The number of carbonyl (C=O) groups is 1. The Kier molecular flexibility index (Phi) is 11.1. The average Bonchev–Trinajstić information content (AvgIpc) is 2.96. The molecule has 3 aromatic carbocycles. The van der Waals surface area contributed by atoms with Crippen LogP contribution in [0.2, 0.25) is 0 Å². The van der Waals surface area contributed by atoms with Crippen LogP contribution in [0, 0.1) is 17.9 Å². The molecule has 4 nitrogen and oxygen atoms in total. The molecule has 5 heteroatoms. The van der Waals surface area contributed by atoms with E-state index in [-0.39, 0.29) is 54.3 Å². The summed E-state index contributed by atoms with van der Waals surface area (Å²) in [7, 11) is 0. The minimum absolute atomic E-state index is 0. The van der Waals surface area contributed by atoms with Gasteiger partial charge in [-0.3, -0.25) is 9.78 Å². The molecule has 5 rings (SSSR count). The molecule has 0 saturated heterocycles. The predicted octanol–water partition coefficient (Wildman–Crippen LogP) is 10.1. The van der Waals surface area contributed by atoms with Gasteiger partial charge < -0.3 is 5.11 Å². The van der Waals surface area contributed by atoms with Crippen molar-refractivity contribution in [2.45, 2.75) is 98.8 Å². The number of rotatable bonds is 7. The van der Waals surface area contributed by atoms with E-state index in [1.54, 1.807) is 6.33 Å². The molecule has 1 N–H and O–H groups in total. The molecule has 231 valence electrons. The fraction of sp³-hybridized carbons (Fsp3) is 0.447. The number of hydrogen-bond acceptors (Lipinski definition) is 4. The number of aliphatic hydroxyl groups is 1. The van der Waals surface area contributed by atoms with Crippen molar-refractivity contribution in [3.8, 4) is 11.3 Å². The van der Waals surface area contributed by atoms with Crippen molar-refractivity contribution >= 4 is 27.5 Å². The van der Waals surface area contributed by atoms with Crippen molar-refractivity contribution in [1.29, 1.82) is 0 Å². The van der Waals surface area contributed by atoms with E-state index in [2.05, 4.69) is 88.1 Å². The minimum Gasteiger partial charge on any atom is -0.512 e. The third kappa shape index (κ3) is 6.94. The Morgan fingerprint density at radius 3 is 2.16 bits per heavy atom. The van der Waals surface area contributed by atoms with Gasteiger partial charge in [0.05, 0.1) is 11.3 Å². The van der Waals surface area contributed by atoms with Crippen LogP contribution in [0.3, 0.4) is 0 Å². The zero-order chi connectivity index (χ0) is 30.8.